The van der Waals surface area contributed by atoms with Crippen LogP contribution in [0.3, 0.4) is 0 Å². The molecule has 1 saturated heterocycles. The van der Waals surface area contributed by atoms with E-state index >= 15 is 0 Å². The lowest BCUT2D eigenvalue weighted by Gasteiger charge is -2.22. The van der Waals surface area contributed by atoms with E-state index in [9.17, 15) is 0 Å². The van der Waals surface area contributed by atoms with Crippen molar-refractivity contribution in [1.29, 1.82) is 0 Å². The lowest BCUT2D eigenvalue weighted by Crippen LogP contribution is -2.35. The van der Waals surface area contributed by atoms with Gasteiger partial charge in [-0.2, -0.15) is 0 Å². The number of nitrogens with zero attached hydrogens (tertiary/aromatic N) is 2. The van der Waals surface area contributed by atoms with Crippen molar-refractivity contribution < 1.29 is 0 Å². The summed E-state index contributed by atoms with van der Waals surface area (Å²) >= 11 is 0. The van der Waals surface area contributed by atoms with Crippen LogP contribution in [0.15, 0.2) is 0 Å². The normalized spacial score (nSPS) is 21.3. The Morgan fingerprint density at radius 3 is 2.61 bits per heavy atom. The second-order valence-electron chi connectivity index (χ2n) is 6.03. The highest BCUT2D eigenvalue weighted by Gasteiger charge is 2.21. The molecular formula is C15H33N3. The molecule has 0 radical (unpaired) electrons. The van der Waals surface area contributed by atoms with Crippen LogP contribution in [0, 0.1) is 11.8 Å². The minimum absolute atomic E-state index is 0.769. The number of likely N-dealkylation sites (tertiary alicyclic amines) is 1. The maximum absolute atomic E-state index is 3.60. The molecular weight excluding hydrogens is 222 g/mol. The Bertz CT molecular complexity index is 202. The molecule has 1 unspecified atom stereocenters. The molecule has 0 aromatic heterocycles. The van der Waals surface area contributed by atoms with Crippen LogP contribution in [0.5, 0.6) is 0 Å². The van der Waals surface area contributed by atoms with Gasteiger partial charge in [0.1, 0.15) is 0 Å². The Morgan fingerprint density at radius 1 is 1.28 bits per heavy atom. The van der Waals surface area contributed by atoms with Crippen LogP contribution in [0.4, 0.5) is 0 Å². The summed E-state index contributed by atoms with van der Waals surface area (Å²) in [6.07, 6.45) is 1.38. The van der Waals surface area contributed by atoms with Crippen molar-refractivity contribution in [3.63, 3.8) is 0 Å². The second-order valence-corrected chi connectivity index (χ2v) is 6.03. The van der Waals surface area contributed by atoms with Gasteiger partial charge in [0.15, 0.2) is 0 Å². The molecule has 108 valence electrons. The largest absolute Gasteiger partial charge is 0.316 e. The molecule has 1 heterocycles. The molecule has 0 spiro atoms. The number of likely N-dealkylation sites (N-methyl/N-ethyl adjacent to an activating group) is 1. The monoisotopic (exact) mass is 255 g/mol. The minimum Gasteiger partial charge on any atom is -0.316 e. The Kier molecular flexibility index (Phi) is 7.87. The second kappa shape index (κ2) is 8.89. The van der Waals surface area contributed by atoms with Gasteiger partial charge in [0.25, 0.3) is 0 Å². The molecule has 1 N–H and O–H groups in total. The quantitative estimate of drug-likeness (QED) is 0.679. The molecule has 0 saturated carbocycles. The van der Waals surface area contributed by atoms with Crippen molar-refractivity contribution in [2.45, 2.75) is 34.1 Å². The Hall–Kier alpha value is -0.120. The van der Waals surface area contributed by atoms with E-state index in [-0.39, 0.29) is 0 Å². The van der Waals surface area contributed by atoms with E-state index in [4.69, 9.17) is 0 Å². The number of hydrogen-bond acceptors (Lipinski definition) is 3. The van der Waals surface area contributed by atoms with Crippen LogP contribution in [-0.4, -0.2) is 62.2 Å². The average Bonchev–Trinajstić information content (AvgIpc) is 2.78. The van der Waals surface area contributed by atoms with E-state index in [0.29, 0.717) is 0 Å². The molecule has 1 aliphatic rings. The number of rotatable bonds is 9. The number of hydrogen-bond donors (Lipinski definition) is 1. The summed E-state index contributed by atoms with van der Waals surface area (Å²) in [5.41, 5.74) is 0. The summed E-state index contributed by atoms with van der Waals surface area (Å²) in [4.78, 5) is 5.16. The summed E-state index contributed by atoms with van der Waals surface area (Å²) in [6.45, 7) is 18.9. The van der Waals surface area contributed by atoms with Crippen LogP contribution in [0.2, 0.25) is 0 Å². The first-order chi connectivity index (χ1) is 8.65. The van der Waals surface area contributed by atoms with E-state index in [2.05, 4.69) is 42.8 Å². The van der Waals surface area contributed by atoms with Gasteiger partial charge in [0.2, 0.25) is 0 Å². The van der Waals surface area contributed by atoms with E-state index in [1.807, 2.05) is 0 Å². The highest BCUT2D eigenvalue weighted by atomic mass is 15.2. The fourth-order valence-corrected chi connectivity index (χ4v) is 2.68. The van der Waals surface area contributed by atoms with Gasteiger partial charge in [0, 0.05) is 19.6 Å². The zero-order chi connectivity index (χ0) is 13.4. The average molecular weight is 255 g/mol. The van der Waals surface area contributed by atoms with E-state index in [0.717, 1.165) is 18.4 Å². The molecule has 18 heavy (non-hydrogen) atoms. The van der Waals surface area contributed by atoms with Gasteiger partial charge < -0.3 is 15.1 Å². The third-order valence-corrected chi connectivity index (χ3v) is 3.98. The van der Waals surface area contributed by atoms with Crippen molar-refractivity contribution in [3.8, 4) is 0 Å². The molecule has 1 aliphatic heterocycles. The molecule has 3 heteroatoms. The molecule has 3 nitrogen and oxygen atoms in total. The molecule has 0 aromatic rings. The van der Waals surface area contributed by atoms with Gasteiger partial charge >= 0.3 is 0 Å². The van der Waals surface area contributed by atoms with Crippen LogP contribution < -0.4 is 5.32 Å². The molecule has 0 bridgehead atoms. The predicted octanol–water partition coefficient (Wildman–Crippen LogP) is 1.90. The summed E-state index contributed by atoms with van der Waals surface area (Å²) in [5, 5.41) is 3.60. The highest BCUT2D eigenvalue weighted by molar-refractivity contribution is 4.77. The Morgan fingerprint density at radius 2 is 2.00 bits per heavy atom. The maximum Gasteiger partial charge on any atom is 0.0109 e. The van der Waals surface area contributed by atoms with Crippen LogP contribution in [0.25, 0.3) is 0 Å². The maximum atomic E-state index is 3.60. The molecule has 0 aliphatic carbocycles. The lowest BCUT2D eigenvalue weighted by molar-refractivity contribution is 0.236. The smallest absolute Gasteiger partial charge is 0.0109 e. The van der Waals surface area contributed by atoms with Gasteiger partial charge in [-0.05, 0) is 51.0 Å². The summed E-state index contributed by atoms with van der Waals surface area (Å²) in [5.74, 6) is 1.64. The minimum atomic E-state index is 0.769. The van der Waals surface area contributed by atoms with Gasteiger partial charge in [0.05, 0.1) is 0 Å². The molecule has 1 fully saturated rings. The van der Waals surface area contributed by atoms with Gasteiger partial charge in [-0.1, -0.05) is 27.7 Å². The SMILES string of the molecule is CCN(CC)CCN1CCC(CNCC(C)C)C1. The van der Waals surface area contributed by atoms with E-state index < -0.39 is 0 Å². The van der Waals surface area contributed by atoms with Gasteiger partial charge in [-0.3, -0.25) is 0 Å². The lowest BCUT2D eigenvalue weighted by atomic mass is 10.1. The third kappa shape index (κ3) is 6.17. The fraction of sp³-hybridized carbons (Fsp3) is 1.00. The summed E-state index contributed by atoms with van der Waals surface area (Å²) in [7, 11) is 0. The Balaban J connectivity index is 2.09. The summed E-state index contributed by atoms with van der Waals surface area (Å²) in [6, 6.07) is 0. The molecule has 1 rings (SSSR count). The van der Waals surface area contributed by atoms with E-state index in [1.165, 1.54) is 52.2 Å². The first-order valence-electron chi connectivity index (χ1n) is 7.81. The van der Waals surface area contributed by atoms with Crippen molar-refractivity contribution in [2.24, 2.45) is 11.8 Å². The standard InChI is InChI=1S/C15H33N3/c1-5-17(6-2)9-10-18-8-7-15(13-18)12-16-11-14(3)4/h14-16H,5-13H2,1-4H3. The van der Waals surface area contributed by atoms with Gasteiger partial charge in [-0.25, -0.2) is 0 Å². The Labute approximate surface area is 114 Å². The first kappa shape index (κ1) is 15.9. The third-order valence-electron chi connectivity index (χ3n) is 3.98. The predicted molar refractivity (Wildman–Crippen MR) is 80.0 cm³/mol. The van der Waals surface area contributed by atoms with Crippen molar-refractivity contribution >= 4 is 0 Å². The summed E-state index contributed by atoms with van der Waals surface area (Å²) < 4.78 is 0. The first-order valence-corrected chi connectivity index (χ1v) is 7.81. The van der Waals surface area contributed by atoms with Crippen LogP contribution >= 0.6 is 0 Å². The van der Waals surface area contributed by atoms with E-state index in [1.54, 1.807) is 0 Å². The highest BCUT2D eigenvalue weighted by Crippen LogP contribution is 2.15. The van der Waals surface area contributed by atoms with Crippen LogP contribution in [-0.2, 0) is 0 Å². The number of nitrogens with one attached hydrogen (secondary N) is 1. The zero-order valence-electron chi connectivity index (χ0n) is 12.9. The van der Waals surface area contributed by atoms with Crippen molar-refractivity contribution in [1.82, 2.24) is 15.1 Å². The van der Waals surface area contributed by atoms with Gasteiger partial charge in [-0.15, -0.1) is 0 Å². The van der Waals surface area contributed by atoms with Crippen molar-refractivity contribution in [2.75, 3.05) is 52.4 Å². The topological polar surface area (TPSA) is 18.5 Å². The zero-order valence-corrected chi connectivity index (χ0v) is 12.9. The van der Waals surface area contributed by atoms with Crippen molar-refractivity contribution in [3.05, 3.63) is 0 Å². The molecule has 0 aromatic carbocycles. The molecule has 0 amide bonds. The molecule has 1 atom stereocenters. The fourth-order valence-electron chi connectivity index (χ4n) is 2.68. The van der Waals surface area contributed by atoms with Crippen LogP contribution in [0.1, 0.15) is 34.1 Å².